The molecule has 1 aromatic rings. The average Bonchev–Trinajstić information content (AvgIpc) is 3.17. The van der Waals surface area contributed by atoms with Crippen molar-refractivity contribution in [1.82, 2.24) is 5.32 Å². The van der Waals surface area contributed by atoms with Gasteiger partial charge in [0.1, 0.15) is 12.4 Å². The van der Waals surface area contributed by atoms with Crippen LogP contribution >= 0.6 is 0 Å². The number of halogens is 4. The van der Waals surface area contributed by atoms with Crippen LogP contribution in [0, 0.1) is 11.7 Å². The largest absolute Gasteiger partial charge is 0.411 e. The summed E-state index contributed by atoms with van der Waals surface area (Å²) < 4.78 is 53.3. The first-order valence-electron chi connectivity index (χ1n) is 6.55. The fourth-order valence-electron chi connectivity index (χ4n) is 2.17. The monoisotopic (exact) mass is 305 g/mol. The third-order valence-corrected chi connectivity index (χ3v) is 3.24. The second kappa shape index (κ2) is 6.43. The highest BCUT2D eigenvalue weighted by Gasteiger charge is 2.44. The van der Waals surface area contributed by atoms with E-state index in [2.05, 4.69) is 10.1 Å². The van der Waals surface area contributed by atoms with E-state index in [0.29, 0.717) is 12.0 Å². The van der Waals surface area contributed by atoms with Gasteiger partial charge in [-0.15, -0.1) is 0 Å². The highest BCUT2D eigenvalue weighted by molar-refractivity contribution is 5.82. The van der Waals surface area contributed by atoms with Gasteiger partial charge in [0, 0.05) is 12.5 Å². The van der Waals surface area contributed by atoms with Gasteiger partial charge in [-0.05, 0) is 24.0 Å². The molecule has 3 nitrogen and oxygen atoms in total. The summed E-state index contributed by atoms with van der Waals surface area (Å²) in [7, 11) is 0. The number of ether oxygens (including phenoxy) is 1. The Balaban J connectivity index is 1.68. The molecular weight excluding hydrogens is 290 g/mol. The standard InChI is InChI=1S/C14H15F4NO2/c15-12-4-2-1-3-9(12)10-7-11(10)13(20)19-5-6-21-8-14(16,17)18/h1-4,10-11H,5-8H2,(H,19,20). The van der Waals surface area contributed by atoms with Crippen LogP contribution in [-0.4, -0.2) is 31.8 Å². The number of benzene rings is 1. The van der Waals surface area contributed by atoms with Gasteiger partial charge in [-0.25, -0.2) is 4.39 Å². The molecule has 2 unspecified atom stereocenters. The van der Waals surface area contributed by atoms with Crippen molar-refractivity contribution in [2.24, 2.45) is 5.92 Å². The van der Waals surface area contributed by atoms with E-state index in [1.165, 1.54) is 6.07 Å². The minimum absolute atomic E-state index is 0.00933. The third-order valence-electron chi connectivity index (χ3n) is 3.24. The highest BCUT2D eigenvalue weighted by atomic mass is 19.4. The van der Waals surface area contributed by atoms with Gasteiger partial charge >= 0.3 is 6.18 Å². The first-order chi connectivity index (χ1) is 9.88. The molecule has 1 aromatic carbocycles. The van der Waals surface area contributed by atoms with Crippen LogP contribution in [0.2, 0.25) is 0 Å². The number of alkyl halides is 3. The SMILES string of the molecule is O=C(NCCOCC(F)(F)F)C1CC1c1ccccc1F. The Morgan fingerprint density at radius 1 is 1.33 bits per heavy atom. The van der Waals surface area contributed by atoms with Crippen LogP contribution in [0.5, 0.6) is 0 Å². The molecule has 0 heterocycles. The van der Waals surface area contributed by atoms with Gasteiger partial charge in [0.05, 0.1) is 6.61 Å². The molecule has 0 aromatic heterocycles. The molecule has 1 N–H and O–H groups in total. The summed E-state index contributed by atoms with van der Waals surface area (Å²) in [4.78, 5) is 11.7. The lowest BCUT2D eigenvalue weighted by atomic mass is 10.1. The molecule has 1 aliphatic carbocycles. The van der Waals surface area contributed by atoms with E-state index in [-0.39, 0.29) is 36.7 Å². The molecule has 2 rings (SSSR count). The minimum atomic E-state index is -4.36. The topological polar surface area (TPSA) is 38.3 Å². The molecular formula is C14H15F4NO2. The number of carbonyl (C=O) groups excluding carboxylic acids is 1. The van der Waals surface area contributed by atoms with Crippen LogP contribution in [0.3, 0.4) is 0 Å². The van der Waals surface area contributed by atoms with Crippen LogP contribution in [-0.2, 0) is 9.53 Å². The Labute approximate surface area is 119 Å². The zero-order valence-corrected chi connectivity index (χ0v) is 11.1. The van der Waals surface area contributed by atoms with Crippen LogP contribution in [0.15, 0.2) is 24.3 Å². The normalized spacial score (nSPS) is 21.1. The van der Waals surface area contributed by atoms with E-state index in [0.717, 1.165) is 0 Å². The number of nitrogens with one attached hydrogen (secondary N) is 1. The zero-order valence-electron chi connectivity index (χ0n) is 11.1. The molecule has 116 valence electrons. The van der Waals surface area contributed by atoms with Crippen molar-refractivity contribution < 1.29 is 27.1 Å². The van der Waals surface area contributed by atoms with Crippen molar-refractivity contribution in [2.45, 2.75) is 18.5 Å². The van der Waals surface area contributed by atoms with Gasteiger partial charge in [-0.3, -0.25) is 4.79 Å². The first kappa shape index (κ1) is 15.8. The van der Waals surface area contributed by atoms with Gasteiger partial charge < -0.3 is 10.1 Å². The highest BCUT2D eigenvalue weighted by Crippen LogP contribution is 2.48. The van der Waals surface area contributed by atoms with Crippen LogP contribution in [0.1, 0.15) is 17.9 Å². The Morgan fingerprint density at radius 2 is 2.05 bits per heavy atom. The smallest absolute Gasteiger partial charge is 0.370 e. The van der Waals surface area contributed by atoms with E-state index in [1.807, 2.05) is 0 Å². The van der Waals surface area contributed by atoms with Crippen LogP contribution in [0.25, 0.3) is 0 Å². The molecule has 2 atom stereocenters. The first-order valence-corrected chi connectivity index (χ1v) is 6.55. The Morgan fingerprint density at radius 3 is 2.71 bits per heavy atom. The van der Waals surface area contributed by atoms with E-state index in [9.17, 15) is 22.4 Å². The maximum atomic E-state index is 13.5. The third kappa shape index (κ3) is 4.70. The second-order valence-electron chi connectivity index (χ2n) is 4.93. The second-order valence-corrected chi connectivity index (χ2v) is 4.93. The summed E-state index contributed by atoms with van der Waals surface area (Å²) >= 11 is 0. The lowest BCUT2D eigenvalue weighted by Crippen LogP contribution is -2.30. The maximum absolute atomic E-state index is 13.5. The summed E-state index contributed by atoms with van der Waals surface area (Å²) in [5.41, 5.74) is 0.506. The average molecular weight is 305 g/mol. The van der Waals surface area contributed by atoms with E-state index >= 15 is 0 Å². The van der Waals surface area contributed by atoms with Crippen LogP contribution < -0.4 is 5.32 Å². The van der Waals surface area contributed by atoms with Gasteiger partial charge in [-0.1, -0.05) is 18.2 Å². The van der Waals surface area contributed by atoms with Crippen molar-refractivity contribution in [3.05, 3.63) is 35.6 Å². The van der Waals surface area contributed by atoms with Gasteiger partial charge in [0.25, 0.3) is 0 Å². The number of rotatable bonds is 6. The van der Waals surface area contributed by atoms with Crippen LogP contribution in [0.4, 0.5) is 17.6 Å². The van der Waals surface area contributed by atoms with Crippen molar-refractivity contribution in [3.63, 3.8) is 0 Å². The summed E-state index contributed by atoms with van der Waals surface area (Å²) in [5.74, 6) is -1.09. The van der Waals surface area contributed by atoms with Crippen molar-refractivity contribution in [1.29, 1.82) is 0 Å². The molecule has 1 aliphatic rings. The maximum Gasteiger partial charge on any atom is 0.411 e. The molecule has 7 heteroatoms. The number of hydrogen-bond donors (Lipinski definition) is 1. The van der Waals surface area contributed by atoms with Gasteiger partial charge in [0.2, 0.25) is 5.91 Å². The molecule has 0 bridgehead atoms. The summed E-state index contributed by atoms with van der Waals surface area (Å²) in [6.07, 6.45) is -3.81. The Hall–Kier alpha value is -1.63. The fourth-order valence-corrected chi connectivity index (χ4v) is 2.17. The Kier molecular flexibility index (Phi) is 4.82. The lowest BCUT2D eigenvalue weighted by molar-refractivity contribution is -0.173. The van der Waals surface area contributed by atoms with Crippen molar-refractivity contribution >= 4 is 5.91 Å². The lowest BCUT2D eigenvalue weighted by Gasteiger charge is -2.08. The predicted octanol–water partition coefficient (Wildman–Crippen LogP) is 2.62. The van der Waals surface area contributed by atoms with Crippen molar-refractivity contribution in [2.75, 3.05) is 19.8 Å². The fraction of sp³-hybridized carbons (Fsp3) is 0.500. The van der Waals surface area contributed by atoms with E-state index in [4.69, 9.17) is 0 Å². The zero-order chi connectivity index (χ0) is 15.5. The predicted molar refractivity (Wildman–Crippen MR) is 67.1 cm³/mol. The molecule has 1 amide bonds. The molecule has 1 saturated carbocycles. The van der Waals surface area contributed by atoms with E-state index in [1.54, 1.807) is 18.2 Å². The molecule has 0 saturated heterocycles. The quantitative estimate of drug-likeness (QED) is 0.648. The summed E-state index contributed by atoms with van der Waals surface area (Å²) in [6.45, 7) is -1.53. The molecule has 0 spiro atoms. The number of amides is 1. The minimum Gasteiger partial charge on any atom is -0.370 e. The molecule has 1 fully saturated rings. The van der Waals surface area contributed by atoms with Gasteiger partial charge in [-0.2, -0.15) is 13.2 Å². The van der Waals surface area contributed by atoms with Crippen molar-refractivity contribution in [3.8, 4) is 0 Å². The number of hydrogen-bond acceptors (Lipinski definition) is 2. The van der Waals surface area contributed by atoms with E-state index < -0.39 is 12.8 Å². The summed E-state index contributed by atoms with van der Waals surface area (Å²) in [6, 6.07) is 6.26. The van der Waals surface area contributed by atoms with Gasteiger partial charge in [0.15, 0.2) is 0 Å². The molecule has 0 radical (unpaired) electrons. The molecule has 0 aliphatic heterocycles. The summed E-state index contributed by atoms with van der Waals surface area (Å²) in [5, 5.41) is 2.50. The number of carbonyl (C=O) groups is 1. The molecule has 21 heavy (non-hydrogen) atoms. The Bertz CT molecular complexity index is 504.